The molecule has 0 unspecified atom stereocenters. The molecule has 0 bridgehead atoms. The van der Waals surface area contributed by atoms with Gasteiger partial charge in [-0.3, -0.25) is 4.79 Å². The minimum absolute atomic E-state index is 0.0970. The fraction of sp³-hybridized carbons (Fsp3) is 0.400. The van der Waals surface area contributed by atoms with Gasteiger partial charge in [-0.2, -0.15) is 4.73 Å². The molecule has 0 spiro atoms. The van der Waals surface area contributed by atoms with Crippen molar-refractivity contribution >= 4 is 5.91 Å². The largest absolute Gasteiger partial charge is 0.619 e. The van der Waals surface area contributed by atoms with Gasteiger partial charge < -0.3 is 10.1 Å². The van der Waals surface area contributed by atoms with E-state index in [0.29, 0.717) is 23.4 Å². The van der Waals surface area contributed by atoms with Crippen molar-refractivity contribution in [1.29, 1.82) is 0 Å². The van der Waals surface area contributed by atoms with Crippen LogP contribution < -0.4 is 4.73 Å². The van der Waals surface area contributed by atoms with Crippen molar-refractivity contribution in [3.05, 3.63) is 35.3 Å². The maximum Gasteiger partial charge on any atom is 0.259 e. The summed E-state index contributed by atoms with van der Waals surface area (Å²) in [6.07, 6.45) is 2.65. The first-order valence-corrected chi connectivity index (χ1v) is 4.67. The molecule has 1 aromatic heterocycles. The molecule has 1 aromatic rings. The number of nitrogens with zero attached hydrogens (tertiary/aromatic N) is 2. The number of pyridine rings is 1. The number of hydrogen-bond acceptors (Lipinski definition) is 2. The van der Waals surface area contributed by atoms with Crippen LogP contribution in [-0.4, -0.2) is 23.9 Å². The normalized spacial score (nSPS) is 9.86. The molecule has 0 saturated heterocycles. The fourth-order valence-corrected chi connectivity index (χ4v) is 1.27. The van der Waals surface area contributed by atoms with Crippen molar-refractivity contribution in [2.24, 2.45) is 0 Å². The van der Waals surface area contributed by atoms with Crippen LogP contribution in [0, 0.1) is 5.21 Å². The molecule has 0 saturated carbocycles. The van der Waals surface area contributed by atoms with Crippen LogP contribution in [-0.2, 0) is 0 Å². The second kappa shape index (κ2) is 4.60. The van der Waals surface area contributed by atoms with E-state index in [4.69, 9.17) is 0 Å². The fourth-order valence-electron chi connectivity index (χ4n) is 1.27. The second-order valence-electron chi connectivity index (χ2n) is 2.93. The molecule has 1 heterocycles. The quantitative estimate of drug-likeness (QED) is 0.528. The Morgan fingerprint density at radius 2 is 2.14 bits per heavy atom. The maximum absolute atomic E-state index is 11.7. The summed E-state index contributed by atoms with van der Waals surface area (Å²) >= 11 is 0. The molecule has 4 nitrogen and oxygen atoms in total. The molecule has 76 valence electrons. The summed E-state index contributed by atoms with van der Waals surface area (Å²) in [5, 5.41) is 10.9. The predicted molar refractivity (Wildman–Crippen MR) is 52.7 cm³/mol. The third kappa shape index (κ3) is 2.22. The lowest BCUT2D eigenvalue weighted by Crippen LogP contribution is -2.33. The molecule has 0 aliphatic rings. The van der Waals surface area contributed by atoms with Crippen molar-refractivity contribution in [3.8, 4) is 0 Å². The van der Waals surface area contributed by atoms with E-state index in [0.717, 1.165) is 0 Å². The van der Waals surface area contributed by atoms with E-state index in [-0.39, 0.29) is 5.91 Å². The number of amides is 1. The van der Waals surface area contributed by atoms with Gasteiger partial charge in [0.1, 0.15) is 5.56 Å². The van der Waals surface area contributed by atoms with E-state index < -0.39 is 0 Å². The second-order valence-corrected chi connectivity index (χ2v) is 2.93. The zero-order valence-corrected chi connectivity index (χ0v) is 8.43. The number of hydrogen-bond donors (Lipinski definition) is 0. The average Bonchev–Trinajstić information content (AvgIpc) is 2.19. The highest BCUT2D eigenvalue weighted by Crippen LogP contribution is 2.01. The Hall–Kier alpha value is -1.58. The highest BCUT2D eigenvalue weighted by atomic mass is 16.5. The monoisotopic (exact) mass is 194 g/mol. The van der Waals surface area contributed by atoms with Gasteiger partial charge in [0.2, 0.25) is 0 Å². The Morgan fingerprint density at radius 3 is 2.64 bits per heavy atom. The summed E-state index contributed by atoms with van der Waals surface area (Å²) < 4.78 is 0.636. The van der Waals surface area contributed by atoms with Gasteiger partial charge in [0.25, 0.3) is 5.91 Å². The lowest BCUT2D eigenvalue weighted by Gasteiger charge is -2.17. The van der Waals surface area contributed by atoms with E-state index in [1.54, 1.807) is 17.0 Å². The molecule has 0 N–H and O–H groups in total. The average molecular weight is 194 g/mol. The standard InChI is InChI=1S/C10H14N2O2/c1-3-11(4-2)10(13)9-6-5-7-12(14)8-9/h5-8H,3-4H2,1-2H3. The highest BCUT2D eigenvalue weighted by molar-refractivity contribution is 5.93. The molecule has 14 heavy (non-hydrogen) atoms. The molecule has 1 amide bonds. The summed E-state index contributed by atoms with van der Waals surface area (Å²) in [5.74, 6) is -0.0970. The molecule has 0 fully saturated rings. The van der Waals surface area contributed by atoms with Crippen molar-refractivity contribution in [2.45, 2.75) is 13.8 Å². The van der Waals surface area contributed by atoms with E-state index in [1.165, 1.54) is 12.4 Å². The zero-order valence-electron chi connectivity index (χ0n) is 8.43. The lowest BCUT2D eigenvalue weighted by atomic mass is 10.2. The minimum Gasteiger partial charge on any atom is -0.619 e. The molecular formula is C10H14N2O2. The van der Waals surface area contributed by atoms with Gasteiger partial charge >= 0.3 is 0 Å². The highest BCUT2D eigenvalue weighted by Gasteiger charge is 2.13. The summed E-state index contributed by atoms with van der Waals surface area (Å²) in [6, 6.07) is 3.22. The Bertz CT molecular complexity index is 322. The smallest absolute Gasteiger partial charge is 0.259 e. The molecule has 1 rings (SSSR count). The minimum atomic E-state index is -0.0970. The van der Waals surface area contributed by atoms with E-state index >= 15 is 0 Å². The number of carbonyl (C=O) groups is 1. The Kier molecular flexibility index (Phi) is 3.45. The predicted octanol–water partition coefficient (Wildman–Crippen LogP) is 0.802. The van der Waals surface area contributed by atoms with Crippen LogP contribution in [0.4, 0.5) is 0 Å². The van der Waals surface area contributed by atoms with Crippen LogP contribution >= 0.6 is 0 Å². The number of rotatable bonds is 3. The van der Waals surface area contributed by atoms with Gasteiger partial charge in [0.05, 0.1) is 0 Å². The van der Waals surface area contributed by atoms with Crippen molar-refractivity contribution < 1.29 is 9.52 Å². The van der Waals surface area contributed by atoms with Crippen molar-refractivity contribution in [3.63, 3.8) is 0 Å². The molecule has 0 aliphatic carbocycles. The molecule has 0 aromatic carbocycles. The van der Waals surface area contributed by atoms with E-state index in [1.807, 2.05) is 13.8 Å². The van der Waals surface area contributed by atoms with E-state index in [9.17, 15) is 10.0 Å². The van der Waals surface area contributed by atoms with Gasteiger partial charge in [-0.05, 0) is 19.9 Å². The maximum atomic E-state index is 11.7. The molecule has 0 aliphatic heterocycles. The molecular weight excluding hydrogens is 180 g/mol. The van der Waals surface area contributed by atoms with Gasteiger partial charge in [-0.15, -0.1) is 0 Å². The summed E-state index contributed by atoms with van der Waals surface area (Å²) in [7, 11) is 0. The van der Waals surface area contributed by atoms with Crippen LogP contribution in [0.1, 0.15) is 24.2 Å². The van der Waals surface area contributed by atoms with Crippen LogP contribution in [0.15, 0.2) is 24.5 Å². The van der Waals surface area contributed by atoms with E-state index in [2.05, 4.69) is 0 Å². The van der Waals surface area contributed by atoms with Gasteiger partial charge in [0.15, 0.2) is 12.4 Å². The van der Waals surface area contributed by atoms with Crippen LogP contribution in [0.3, 0.4) is 0 Å². The first-order valence-electron chi connectivity index (χ1n) is 4.67. The molecule has 0 atom stereocenters. The molecule has 4 heteroatoms. The Morgan fingerprint density at radius 1 is 1.50 bits per heavy atom. The van der Waals surface area contributed by atoms with Crippen molar-refractivity contribution in [1.82, 2.24) is 4.90 Å². The lowest BCUT2D eigenvalue weighted by molar-refractivity contribution is -0.605. The van der Waals surface area contributed by atoms with Crippen molar-refractivity contribution in [2.75, 3.05) is 13.1 Å². The first-order chi connectivity index (χ1) is 6.69. The van der Waals surface area contributed by atoms with Gasteiger partial charge in [0, 0.05) is 19.2 Å². The van der Waals surface area contributed by atoms with Gasteiger partial charge in [-0.1, -0.05) is 0 Å². The summed E-state index contributed by atoms with van der Waals surface area (Å²) in [5.41, 5.74) is 0.436. The summed E-state index contributed by atoms with van der Waals surface area (Å²) in [6.45, 7) is 5.14. The zero-order chi connectivity index (χ0) is 10.6. The third-order valence-electron chi connectivity index (χ3n) is 2.07. The Balaban J connectivity index is 2.88. The van der Waals surface area contributed by atoms with Crippen LogP contribution in [0.5, 0.6) is 0 Å². The number of carbonyl (C=O) groups excluding carboxylic acids is 1. The first kappa shape index (κ1) is 10.5. The Labute approximate surface area is 83.4 Å². The van der Waals surface area contributed by atoms with Crippen LogP contribution in [0.2, 0.25) is 0 Å². The SMILES string of the molecule is CCN(CC)C(=O)c1ccc[n+]([O-])c1. The van der Waals surface area contributed by atoms with Crippen LogP contribution in [0.25, 0.3) is 0 Å². The topological polar surface area (TPSA) is 47.2 Å². The third-order valence-corrected chi connectivity index (χ3v) is 2.07. The summed E-state index contributed by atoms with van der Waals surface area (Å²) in [4.78, 5) is 13.4. The number of aromatic nitrogens is 1. The molecule has 0 radical (unpaired) electrons. The van der Waals surface area contributed by atoms with Gasteiger partial charge in [-0.25, -0.2) is 0 Å².